The first-order valence-corrected chi connectivity index (χ1v) is 7.19. The molecule has 21 heavy (non-hydrogen) atoms. The van der Waals surface area contributed by atoms with Crippen LogP contribution in [0.15, 0.2) is 12.1 Å². The van der Waals surface area contributed by atoms with Crippen molar-refractivity contribution in [1.82, 2.24) is 15.1 Å². The van der Waals surface area contributed by atoms with Crippen molar-refractivity contribution in [3.63, 3.8) is 0 Å². The lowest BCUT2D eigenvalue weighted by Crippen LogP contribution is -2.26. The SMILES string of the molecule is COc1ccc(-c2n[nH]c3c2CN(C)CC3)c(Cl)c1OC. The van der Waals surface area contributed by atoms with Gasteiger partial charge in [0.25, 0.3) is 0 Å². The fraction of sp³-hybridized carbons (Fsp3) is 0.400. The number of likely N-dealkylation sites (N-methyl/N-ethyl adjacent to an activating group) is 1. The Morgan fingerprint density at radius 3 is 2.81 bits per heavy atom. The summed E-state index contributed by atoms with van der Waals surface area (Å²) < 4.78 is 10.6. The van der Waals surface area contributed by atoms with Crippen LogP contribution in [0.1, 0.15) is 11.3 Å². The van der Waals surface area contributed by atoms with E-state index in [1.165, 1.54) is 11.3 Å². The molecule has 112 valence electrons. The van der Waals surface area contributed by atoms with E-state index in [-0.39, 0.29) is 0 Å². The summed E-state index contributed by atoms with van der Waals surface area (Å²) in [7, 11) is 5.29. The number of nitrogens with zero attached hydrogens (tertiary/aromatic N) is 2. The maximum Gasteiger partial charge on any atom is 0.180 e. The fourth-order valence-corrected chi connectivity index (χ4v) is 3.05. The van der Waals surface area contributed by atoms with Crippen LogP contribution in [-0.4, -0.2) is 42.9 Å². The summed E-state index contributed by atoms with van der Waals surface area (Å²) in [5.41, 5.74) is 4.15. The number of hydrogen-bond donors (Lipinski definition) is 1. The number of halogens is 1. The first-order valence-electron chi connectivity index (χ1n) is 6.81. The van der Waals surface area contributed by atoms with Gasteiger partial charge >= 0.3 is 0 Å². The molecule has 0 saturated heterocycles. The van der Waals surface area contributed by atoms with Crippen LogP contribution in [0.5, 0.6) is 11.5 Å². The van der Waals surface area contributed by atoms with Crippen LogP contribution >= 0.6 is 11.6 Å². The van der Waals surface area contributed by atoms with E-state index in [0.717, 1.165) is 30.8 Å². The molecule has 0 amide bonds. The van der Waals surface area contributed by atoms with Gasteiger partial charge in [0.1, 0.15) is 0 Å². The third kappa shape index (κ3) is 2.36. The van der Waals surface area contributed by atoms with Gasteiger partial charge in [-0.15, -0.1) is 0 Å². The standard InChI is InChI=1S/C15H18ClN3O2/c1-19-7-6-11-10(8-19)14(18-17-11)9-4-5-12(20-2)15(21-3)13(9)16/h4-5H,6-8H2,1-3H3,(H,17,18). The smallest absolute Gasteiger partial charge is 0.180 e. The number of aromatic nitrogens is 2. The number of rotatable bonds is 3. The van der Waals surface area contributed by atoms with Gasteiger partial charge in [0.15, 0.2) is 11.5 Å². The lowest BCUT2D eigenvalue weighted by Gasteiger charge is -2.22. The predicted octanol–water partition coefficient (Wildman–Crippen LogP) is 2.74. The van der Waals surface area contributed by atoms with Crippen LogP contribution in [0, 0.1) is 0 Å². The van der Waals surface area contributed by atoms with Gasteiger partial charge in [-0.1, -0.05) is 11.6 Å². The molecule has 1 aromatic carbocycles. The number of nitrogens with one attached hydrogen (secondary N) is 1. The summed E-state index contributed by atoms with van der Waals surface area (Å²) in [5.74, 6) is 1.16. The summed E-state index contributed by atoms with van der Waals surface area (Å²) in [6, 6.07) is 3.78. The monoisotopic (exact) mass is 307 g/mol. The summed E-state index contributed by atoms with van der Waals surface area (Å²) in [4.78, 5) is 2.27. The number of methoxy groups -OCH3 is 2. The number of hydrogen-bond acceptors (Lipinski definition) is 4. The number of aromatic amines is 1. The number of H-pyrrole nitrogens is 1. The Balaban J connectivity index is 2.12. The third-order valence-electron chi connectivity index (χ3n) is 3.86. The van der Waals surface area contributed by atoms with Crippen LogP contribution < -0.4 is 9.47 Å². The normalized spacial score (nSPS) is 14.9. The maximum absolute atomic E-state index is 6.49. The first-order chi connectivity index (χ1) is 10.2. The van der Waals surface area contributed by atoms with E-state index in [1.54, 1.807) is 14.2 Å². The number of benzene rings is 1. The van der Waals surface area contributed by atoms with Gasteiger partial charge in [-0.3, -0.25) is 5.10 Å². The van der Waals surface area contributed by atoms with Crippen molar-refractivity contribution in [2.45, 2.75) is 13.0 Å². The Morgan fingerprint density at radius 2 is 2.10 bits per heavy atom. The van der Waals surface area contributed by atoms with Gasteiger partial charge in [0.2, 0.25) is 0 Å². The van der Waals surface area contributed by atoms with Crippen molar-refractivity contribution in [1.29, 1.82) is 0 Å². The summed E-state index contributed by atoms with van der Waals surface area (Å²) >= 11 is 6.49. The van der Waals surface area contributed by atoms with Gasteiger partial charge < -0.3 is 14.4 Å². The van der Waals surface area contributed by atoms with Crippen LogP contribution in [0.2, 0.25) is 5.02 Å². The number of fused-ring (bicyclic) bond motifs is 1. The molecule has 0 unspecified atom stereocenters. The van der Waals surface area contributed by atoms with Crippen molar-refractivity contribution < 1.29 is 9.47 Å². The molecule has 1 N–H and O–H groups in total. The average molecular weight is 308 g/mol. The summed E-state index contributed by atoms with van der Waals surface area (Å²) in [5, 5.41) is 8.12. The van der Waals surface area contributed by atoms with E-state index < -0.39 is 0 Å². The minimum Gasteiger partial charge on any atom is -0.493 e. The van der Waals surface area contributed by atoms with Crippen molar-refractivity contribution in [2.75, 3.05) is 27.8 Å². The Labute approximate surface area is 128 Å². The highest BCUT2D eigenvalue weighted by molar-refractivity contribution is 6.35. The van der Waals surface area contributed by atoms with E-state index in [2.05, 4.69) is 22.1 Å². The molecule has 1 aromatic heterocycles. The second kappa shape index (κ2) is 5.58. The van der Waals surface area contributed by atoms with Crippen molar-refractivity contribution >= 4 is 11.6 Å². The molecule has 0 spiro atoms. The number of ether oxygens (including phenoxy) is 2. The molecule has 1 aliphatic heterocycles. The minimum atomic E-state index is 0.527. The zero-order chi connectivity index (χ0) is 15.0. The van der Waals surface area contributed by atoms with Crippen molar-refractivity contribution in [3.05, 3.63) is 28.4 Å². The molecule has 2 aromatic rings. The lowest BCUT2D eigenvalue weighted by molar-refractivity contribution is 0.312. The van der Waals surface area contributed by atoms with E-state index in [0.29, 0.717) is 16.5 Å². The van der Waals surface area contributed by atoms with E-state index in [1.807, 2.05) is 12.1 Å². The molecule has 5 nitrogen and oxygen atoms in total. The molecule has 0 aliphatic carbocycles. The van der Waals surface area contributed by atoms with Crippen LogP contribution in [-0.2, 0) is 13.0 Å². The molecule has 6 heteroatoms. The topological polar surface area (TPSA) is 50.4 Å². The second-order valence-electron chi connectivity index (χ2n) is 5.18. The first kappa shape index (κ1) is 14.2. The molecule has 0 bridgehead atoms. The Hall–Kier alpha value is -1.72. The van der Waals surface area contributed by atoms with Crippen molar-refractivity contribution in [2.24, 2.45) is 0 Å². The highest BCUT2D eigenvalue weighted by Gasteiger charge is 2.24. The quantitative estimate of drug-likeness (QED) is 0.947. The zero-order valence-corrected chi connectivity index (χ0v) is 13.1. The molecule has 2 heterocycles. The lowest BCUT2D eigenvalue weighted by atomic mass is 10.0. The zero-order valence-electron chi connectivity index (χ0n) is 12.4. The van der Waals surface area contributed by atoms with E-state index in [9.17, 15) is 0 Å². The molecule has 0 saturated carbocycles. The third-order valence-corrected chi connectivity index (χ3v) is 4.24. The largest absolute Gasteiger partial charge is 0.493 e. The molecular weight excluding hydrogens is 290 g/mol. The highest BCUT2D eigenvalue weighted by Crippen LogP contribution is 2.42. The minimum absolute atomic E-state index is 0.527. The van der Waals surface area contributed by atoms with E-state index in [4.69, 9.17) is 21.1 Å². The summed E-state index contributed by atoms with van der Waals surface area (Å²) in [6.07, 6.45) is 0.976. The Morgan fingerprint density at radius 1 is 1.29 bits per heavy atom. The average Bonchev–Trinajstić information content (AvgIpc) is 2.89. The molecule has 3 rings (SSSR count). The molecule has 1 aliphatic rings. The molecule has 0 atom stereocenters. The van der Waals surface area contributed by atoms with Crippen LogP contribution in [0.3, 0.4) is 0 Å². The van der Waals surface area contributed by atoms with Crippen LogP contribution in [0.4, 0.5) is 0 Å². The maximum atomic E-state index is 6.49. The van der Waals surface area contributed by atoms with Crippen molar-refractivity contribution in [3.8, 4) is 22.8 Å². The Kier molecular flexibility index (Phi) is 3.78. The van der Waals surface area contributed by atoms with Gasteiger partial charge in [-0.05, 0) is 19.2 Å². The van der Waals surface area contributed by atoms with Crippen LogP contribution in [0.25, 0.3) is 11.3 Å². The van der Waals surface area contributed by atoms with Gasteiger partial charge in [0, 0.05) is 36.3 Å². The molecule has 0 fully saturated rings. The van der Waals surface area contributed by atoms with Gasteiger partial charge in [-0.2, -0.15) is 5.10 Å². The second-order valence-corrected chi connectivity index (χ2v) is 5.56. The fourth-order valence-electron chi connectivity index (χ4n) is 2.72. The van der Waals surface area contributed by atoms with E-state index >= 15 is 0 Å². The summed E-state index contributed by atoms with van der Waals surface area (Å²) in [6.45, 7) is 1.90. The predicted molar refractivity (Wildman–Crippen MR) is 82.2 cm³/mol. The van der Waals surface area contributed by atoms with Gasteiger partial charge in [-0.25, -0.2) is 0 Å². The molecular formula is C15H18ClN3O2. The highest BCUT2D eigenvalue weighted by atomic mass is 35.5. The molecule has 0 radical (unpaired) electrons. The Bertz CT molecular complexity index is 669. The van der Waals surface area contributed by atoms with Gasteiger partial charge in [0.05, 0.1) is 24.9 Å².